The molecular formula is C11H11Br2N3O. The molecule has 0 aliphatic heterocycles. The normalized spacial score (nSPS) is 10.4. The number of aromatic nitrogens is 2. The topological polar surface area (TPSA) is 39.1 Å². The quantitative estimate of drug-likeness (QED) is 0.911. The summed E-state index contributed by atoms with van der Waals surface area (Å²) in [6.45, 7) is 0. The maximum absolute atomic E-state index is 5.29. The summed E-state index contributed by atoms with van der Waals surface area (Å²) < 4.78 is 9.10. The lowest BCUT2D eigenvalue weighted by Gasteiger charge is -2.12. The van der Waals surface area contributed by atoms with Crippen LogP contribution in [0.1, 0.15) is 0 Å². The first-order valence-corrected chi connectivity index (χ1v) is 6.50. The van der Waals surface area contributed by atoms with Gasteiger partial charge in [-0.1, -0.05) is 0 Å². The molecule has 0 radical (unpaired) electrons. The molecule has 90 valence electrons. The van der Waals surface area contributed by atoms with Crippen LogP contribution in [0.25, 0.3) is 5.69 Å². The molecule has 1 N–H and O–H groups in total. The van der Waals surface area contributed by atoms with E-state index in [1.807, 2.05) is 29.9 Å². The van der Waals surface area contributed by atoms with E-state index >= 15 is 0 Å². The number of anilines is 1. The van der Waals surface area contributed by atoms with E-state index in [1.165, 1.54) is 0 Å². The fraction of sp³-hybridized carbons (Fsp3) is 0.182. The Balaban J connectivity index is 2.59. The zero-order valence-electron chi connectivity index (χ0n) is 9.37. The molecule has 6 heteroatoms. The van der Waals surface area contributed by atoms with Crippen molar-refractivity contribution in [3.63, 3.8) is 0 Å². The van der Waals surface area contributed by atoms with Crippen molar-refractivity contribution in [1.29, 1.82) is 0 Å². The molecule has 0 aliphatic rings. The molecular weight excluding hydrogens is 350 g/mol. The maximum Gasteiger partial charge on any atom is 0.207 e. The van der Waals surface area contributed by atoms with Gasteiger partial charge >= 0.3 is 0 Å². The molecule has 0 fully saturated rings. The van der Waals surface area contributed by atoms with Gasteiger partial charge < -0.3 is 10.1 Å². The van der Waals surface area contributed by atoms with Gasteiger partial charge in [-0.25, -0.2) is 4.98 Å². The predicted octanol–water partition coefficient (Wildman–Crippen LogP) is 3.45. The van der Waals surface area contributed by atoms with Crippen LogP contribution in [-0.4, -0.2) is 23.7 Å². The van der Waals surface area contributed by atoms with Gasteiger partial charge in [0.15, 0.2) is 0 Å². The van der Waals surface area contributed by atoms with Gasteiger partial charge in [0, 0.05) is 30.0 Å². The molecule has 0 amide bonds. The molecule has 2 aromatic rings. The van der Waals surface area contributed by atoms with Crippen molar-refractivity contribution in [3.05, 3.63) is 33.5 Å². The van der Waals surface area contributed by atoms with Crippen molar-refractivity contribution in [3.8, 4) is 11.4 Å². The highest BCUT2D eigenvalue weighted by atomic mass is 79.9. The van der Waals surface area contributed by atoms with Gasteiger partial charge in [-0.3, -0.25) is 4.57 Å². The molecule has 0 unspecified atom stereocenters. The summed E-state index contributed by atoms with van der Waals surface area (Å²) in [5.41, 5.74) is 0.965. The standard InChI is InChI=1S/C11H11Br2N3O/c1-14-11-15-3-4-16(11)9-6-10(17-2)8(13)5-7(9)12/h3-6H,1-2H3,(H,14,15). The van der Waals surface area contributed by atoms with Crippen LogP contribution in [0.15, 0.2) is 33.5 Å². The smallest absolute Gasteiger partial charge is 0.207 e. The Bertz CT molecular complexity index is 540. The van der Waals surface area contributed by atoms with Crippen molar-refractivity contribution in [2.75, 3.05) is 19.5 Å². The lowest BCUT2D eigenvalue weighted by atomic mass is 10.3. The number of hydrogen-bond acceptors (Lipinski definition) is 3. The number of methoxy groups -OCH3 is 1. The lowest BCUT2D eigenvalue weighted by Crippen LogP contribution is -2.02. The third kappa shape index (κ3) is 2.32. The van der Waals surface area contributed by atoms with E-state index in [-0.39, 0.29) is 0 Å². The van der Waals surface area contributed by atoms with E-state index < -0.39 is 0 Å². The number of rotatable bonds is 3. The molecule has 1 aromatic heterocycles. The molecule has 0 aliphatic carbocycles. The molecule has 0 atom stereocenters. The largest absolute Gasteiger partial charge is 0.495 e. The molecule has 0 bridgehead atoms. The van der Waals surface area contributed by atoms with Crippen LogP contribution < -0.4 is 10.1 Å². The Labute approximate surface area is 116 Å². The van der Waals surface area contributed by atoms with E-state index in [0.29, 0.717) is 0 Å². The van der Waals surface area contributed by atoms with Crippen molar-refractivity contribution >= 4 is 37.8 Å². The van der Waals surface area contributed by atoms with Crippen molar-refractivity contribution in [1.82, 2.24) is 9.55 Å². The highest BCUT2D eigenvalue weighted by molar-refractivity contribution is 9.11. The molecule has 4 nitrogen and oxygen atoms in total. The molecule has 0 saturated heterocycles. The minimum atomic E-state index is 0.773. The summed E-state index contributed by atoms with van der Waals surface area (Å²) in [6, 6.07) is 3.89. The maximum atomic E-state index is 5.29. The Morgan fingerprint density at radius 3 is 2.71 bits per heavy atom. The molecule has 0 spiro atoms. The van der Waals surface area contributed by atoms with Gasteiger partial charge in [0.25, 0.3) is 0 Å². The highest BCUT2D eigenvalue weighted by Crippen LogP contribution is 2.34. The second-order valence-electron chi connectivity index (χ2n) is 3.31. The Kier molecular flexibility index (Phi) is 3.73. The molecule has 17 heavy (non-hydrogen) atoms. The fourth-order valence-corrected chi connectivity index (χ4v) is 2.89. The van der Waals surface area contributed by atoms with Gasteiger partial charge in [0.05, 0.1) is 17.3 Å². The van der Waals surface area contributed by atoms with Crippen molar-refractivity contribution in [2.45, 2.75) is 0 Å². The Hall–Kier alpha value is -1.01. The Morgan fingerprint density at radius 1 is 1.29 bits per heavy atom. The summed E-state index contributed by atoms with van der Waals surface area (Å²) in [7, 11) is 3.48. The van der Waals surface area contributed by atoms with Crippen molar-refractivity contribution in [2.24, 2.45) is 0 Å². The van der Waals surface area contributed by atoms with E-state index in [9.17, 15) is 0 Å². The average Bonchev–Trinajstić information content (AvgIpc) is 2.77. The minimum absolute atomic E-state index is 0.773. The molecule has 1 heterocycles. The third-order valence-electron chi connectivity index (χ3n) is 2.35. The van der Waals surface area contributed by atoms with Crippen LogP contribution in [0.3, 0.4) is 0 Å². The van der Waals surface area contributed by atoms with E-state index in [0.717, 1.165) is 26.3 Å². The zero-order valence-corrected chi connectivity index (χ0v) is 12.5. The van der Waals surface area contributed by atoms with Gasteiger partial charge in [-0.05, 0) is 37.9 Å². The number of hydrogen-bond donors (Lipinski definition) is 1. The van der Waals surface area contributed by atoms with E-state index in [2.05, 4.69) is 42.2 Å². The van der Waals surface area contributed by atoms with Crippen LogP contribution in [0.2, 0.25) is 0 Å². The summed E-state index contributed by atoms with van der Waals surface area (Å²) in [4.78, 5) is 4.21. The first kappa shape index (κ1) is 12.4. The van der Waals surface area contributed by atoms with Gasteiger partial charge in [-0.2, -0.15) is 0 Å². The molecule has 0 saturated carbocycles. The summed E-state index contributed by atoms with van der Waals surface area (Å²) >= 11 is 6.98. The van der Waals surface area contributed by atoms with Crippen molar-refractivity contribution < 1.29 is 4.74 Å². The second-order valence-corrected chi connectivity index (χ2v) is 5.02. The van der Waals surface area contributed by atoms with E-state index in [4.69, 9.17) is 4.74 Å². The number of nitrogens with one attached hydrogen (secondary N) is 1. The second kappa shape index (κ2) is 5.10. The summed E-state index contributed by atoms with van der Waals surface area (Å²) in [5, 5.41) is 3.03. The summed E-state index contributed by atoms with van der Waals surface area (Å²) in [5.74, 6) is 1.55. The van der Waals surface area contributed by atoms with Gasteiger partial charge in [0.2, 0.25) is 5.95 Å². The van der Waals surface area contributed by atoms with Crippen LogP contribution in [-0.2, 0) is 0 Å². The number of imidazole rings is 1. The van der Waals surface area contributed by atoms with Crippen LogP contribution >= 0.6 is 31.9 Å². The van der Waals surface area contributed by atoms with Crippen LogP contribution in [0.4, 0.5) is 5.95 Å². The monoisotopic (exact) mass is 359 g/mol. The third-order valence-corrected chi connectivity index (χ3v) is 3.60. The highest BCUT2D eigenvalue weighted by Gasteiger charge is 2.11. The number of halogens is 2. The SMILES string of the molecule is CNc1nccn1-c1cc(OC)c(Br)cc1Br. The predicted molar refractivity (Wildman–Crippen MR) is 75.1 cm³/mol. The molecule has 1 aromatic carbocycles. The van der Waals surface area contributed by atoms with E-state index in [1.54, 1.807) is 13.3 Å². The number of nitrogens with zero attached hydrogens (tertiary/aromatic N) is 2. The van der Waals surface area contributed by atoms with Crippen LogP contribution in [0.5, 0.6) is 5.75 Å². The first-order chi connectivity index (χ1) is 8.17. The zero-order chi connectivity index (χ0) is 12.4. The molecule has 2 rings (SSSR count). The first-order valence-electron chi connectivity index (χ1n) is 4.92. The van der Waals surface area contributed by atoms with Crippen LogP contribution in [0, 0.1) is 0 Å². The van der Waals surface area contributed by atoms with Gasteiger partial charge in [-0.15, -0.1) is 0 Å². The number of ether oxygens (including phenoxy) is 1. The summed E-state index contributed by atoms with van der Waals surface area (Å²) in [6.07, 6.45) is 3.63. The average molecular weight is 361 g/mol. The Morgan fingerprint density at radius 2 is 2.06 bits per heavy atom. The lowest BCUT2D eigenvalue weighted by molar-refractivity contribution is 0.412. The fourth-order valence-electron chi connectivity index (χ4n) is 1.54. The minimum Gasteiger partial charge on any atom is -0.495 e. The van der Waals surface area contributed by atoms with Gasteiger partial charge in [0.1, 0.15) is 5.75 Å². The number of benzene rings is 1.